The number of amides is 2. The molecule has 5 rings (SSSR count). The van der Waals surface area contributed by atoms with Gasteiger partial charge in [-0.1, -0.05) is 6.92 Å². The number of sulfonamides is 1. The summed E-state index contributed by atoms with van der Waals surface area (Å²) in [5.74, 6) is 0.588. The number of hydrogen-bond donors (Lipinski definition) is 1. The number of thiazole rings is 1. The van der Waals surface area contributed by atoms with Crippen LogP contribution in [0.3, 0.4) is 0 Å². The van der Waals surface area contributed by atoms with Crippen LogP contribution in [-0.2, 0) is 19.6 Å². The molecule has 9 nitrogen and oxygen atoms in total. The van der Waals surface area contributed by atoms with Crippen molar-refractivity contribution in [3.63, 3.8) is 0 Å². The van der Waals surface area contributed by atoms with E-state index in [0.717, 1.165) is 18.4 Å². The topological polar surface area (TPSA) is 109 Å². The number of aromatic nitrogens is 1. The van der Waals surface area contributed by atoms with E-state index >= 15 is 0 Å². The first-order valence-electron chi connectivity index (χ1n) is 11.3. The number of rotatable bonds is 7. The summed E-state index contributed by atoms with van der Waals surface area (Å²) >= 11 is 1.17. The summed E-state index contributed by atoms with van der Waals surface area (Å²) in [6.07, 6.45) is 2.13. The molecule has 0 aliphatic carbocycles. The van der Waals surface area contributed by atoms with Crippen LogP contribution >= 0.6 is 11.3 Å². The van der Waals surface area contributed by atoms with E-state index in [1.165, 1.54) is 23.5 Å². The standard InChI is InChI=1S/C24H24N4O5S2/c1-2-11-28-20-13-16(5-10-21(20)33-14-23(28)30)19-15-34-24(25-19)26-35(31,32)18-8-6-17(7-9-18)27-12-3-4-22(27)29/h5-10,13,15H,2-4,11-12,14H2,1H3,(H,25,26). The molecule has 2 aliphatic heterocycles. The SMILES string of the molecule is CCCN1C(=O)COc2ccc(-c3csc(NS(=O)(=O)c4ccc(N5CCCC5=O)cc4)n3)cc21. The van der Waals surface area contributed by atoms with Crippen molar-refractivity contribution in [3.8, 4) is 17.0 Å². The van der Waals surface area contributed by atoms with Gasteiger partial charge in [-0.2, -0.15) is 0 Å². The van der Waals surface area contributed by atoms with E-state index in [4.69, 9.17) is 4.74 Å². The highest BCUT2D eigenvalue weighted by molar-refractivity contribution is 7.93. The number of fused-ring (bicyclic) bond motifs is 1. The van der Waals surface area contributed by atoms with Gasteiger partial charge in [0.15, 0.2) is 11.7 Å². The molecule has 3 heterocycles. The van der Waals surface area contributed by atoms with Gasteiger partial charge >= 0.3 is 0 Å². The molecule has 182 valence electrons. The van der Waals surface area contributed by atoms with Crippen LogP contribution in [0.1, 0.15) is 26.2 Å². The first kappa shape index (κ1) is 23.3. The van der Waals surface area contributed by atoms with E-state index in [9.17, 15) is 18.0 Å². The first-order valence-corrected chi connectivity index (χ1v) is 13.7. The van der Waals surface area contributed by atoms with Gasteiger partial charge in [-0.3, -0.25) is 14.3 Å². The molecule has 35 heavy (non-hydrogen) atoms. The molecule has 0 atom stereocenters. The maximum atomic E-state index is 12.9. The molecule has 0 radical (unpaired) electrons. The summed E-state index contributed by atoms with van der Waals surface area (Å²) in [6, 6.07) is 11.7. The average Bonchev–Trinajstić information content (AvgIpc) is 3.49. The number of anilines is 3. The van der Waals surface area contributed by atoms with Crippen LogP contribution in [0.15, 0.2) is 52.7 Å². The summed E-state index contributed by atoms with van der Waals surface area (Å²) in [6.45, 7) is 3.25. The van der Waals surface area contributed by atoms with Gasteiger partial charge in [0.2, 0.25) is 5.91 Å². The second-order valence-electron chi connectivity index (χ2n) is 8.30. The molecule has 1 saturated heterocycles. The normalized spacial score (nSPS) is 15.8. The van der Waals surface area contributed by atoms with Crippen LogP contribution in [0, 0.1) is 0 Å². The van der Waals surface area contributed by atoms with Gasteiger partial charge in [-0.25, -0.2) is 13.4 Å². The first-order chi connectivity index (χ1) is 16.9. The fraction of sp³-hybridized carbons (Fsp3) is 0.292. The molecule has 1 N–H and O–H groups in total. The lowest BCUT2D eigenvalue weighted by molar-refractivity contribution is -0.121. The molecule has 2 aromatic carbocycles. The maximum absolute atomic E-state index is 12.9. The van der Waals surface area contributed by atoms with Gasteiger partial charge in [0.05, 0.1) is 16.3 Å². The number of nitrogens with one attached hydrogen (secondary N) is 1. The zero-order valence-electron chi connectivity index (χ0n) is 19.1. The maximum Gasteiger partial charge on any atom is 0.265 e. The highest BCUT2D eigenvalue weighted by Crippen LogP contribution is 2.37. The van der Waals surface area contributed by atoms with Crippen LogP contribution < -0.4 is 19.3 Å². The molecule has 2 aliphatic rings. The van der Waals surface area contributed by atoms with E-state index in [0.29, 0.717) is 42.3 Å². The second kappa shape index (κ2) is 9.31. The molecule has 0 unspecified atom stereocenters. The monoisotopic (exact) mass is 512 g/mol. The number of ether oxygens (including phenoxy) is 1. The molecule has 1 aromatic heterocycles. The fourth-order valence-corrected chi connectivity index (χ4v) is 6.16. The predicted molar refractivity (Wildman–Crippen MR) is 135 cm³/mol. The van der Waals surface area contributed by atoms with Crippen molar-refractivity contribution >= 4 is 49.7 Å². The van der Waals surface area contributed by atoms with Crippen molar-refractivity contribution in [2.45, 2.75) is 31.1 Å². The zero-order valence-corrected chi connectivity index (χ0v) is 20.7. The Morgan fingerprint density at radius 1 is 1.11 bits per heavy atom. The quantitative estimate of drug-likeness (QED) is 0.515. The number of nitrogens with zero attached hydrogens (tertiary/aromatic N) is 3. The Bertz CT molecular complexity index is 1390. The average molecular weight is 513 g/mol. The van der Waals surface area contributed by atoms with Gasteiger partial charge in [0, 0.05) is 36.1 Å². The molecular formula is C24H24N4O5S2. The van der Waals surface area contributed by atoms with E-state index < -0.39 is 10.0 Å². The highest BCUT2D eigenvalue weighted by atomic mass is 32.2. The Morgan fingerprint density at radius 2 is 1.91 bits per heavy atom. The van der Waals surface area contributed by atoms with E-state index in [2.05, 4.69) is 9.71 Å². The fourth-order valence-electron chi connectivity index (χ4n) is 4.18. The lowest BCUT2D eigenvalue weighted by Crippen LogP contribution is -2.39. The zero-order chi connectivity index (χ0) is 24.6. The van der Waals surface area contributed by atoms with E-state index in [-0.39, 0.29) is 28.4 Å². The number of benzene rings is 2. The molecule has 0 bridgehead atoms. The number of carbonyl (C=O) groups is 2. The van der Waals surface area contributed by atoms with Crippen molar-refractivity contribution in [2.24, 2.45) is 0 Å². The van der Waals surface area contributed by atoms with Gasteiger partial charge in [-0.05, 0) is 55.3 Å². The molecule has 3 aromatic rings. The minimum Gasteiger partial charge on any atom is -0.482 e. The summed E-state index contributed by atoms with van der Waals surface area (Å²) < 4.78 is 33.9. The summed E-state index contributed by atoms with van der Waals surface area (Å²) in [4.78, 5) is 32.1. The molecule has 1 fully saturated rings. The predicted octanol–water partition coefficient (Wildman–Crippen LogP) is 3.87. The third kappa shape index (κ3) is 4.61. The van der Waals surface area contributed by atoms with Crippen LogP contribution in [0.4, 0.5) is 16.5 Å². The van der Waals surface area contributed by atoms with Crippen LogP contribution in [0.25, 0.3) is 11.3 Å². The Balaban J connectivity index is 1.34. The van der Waals surface area contributed by atoms with Crippen LogP contribution in [0.2, 0.25) is 0 Å². The minimum atomic E-state index is -3.85. The Labute approximate surface area is 207 Å². The lowest BCUT2D eigenvalue weighted by Gasteiger charge is -2.29. The number of hydrogen-bond acceptors (Lipinski definition) is 7. The largest absolute Gasteiger partial charge is 0.482 e. The van der Waals surface area contributed by atoms with Crippen molar-refractivity contribution in [1.29, 1.82) is 0 Å². The van der Waals surface area contributed by atoms with Crippen molar-refractivity contribution in [3.05, 3.63) is 47.8 Å². The molecular weight excluding hydrogens is 488 g/mol. The highest BCUT2D eigenvalue weighted by Gasteiger charge is 2.26. The van der Waals surface area contributed by atoms with Crippen molar-refractivity contribution < 1.29 is 22.7 Å². The lowest BCUT2D eigenvalue weighted by atomic mass is 10.1. The van der Waals surface area contributed by atoms with E-state index in [1.807, 2.05) is 19.1 Å². The minimum absolute atomic E-state index is 0.0181. The summed E-state index contributed by atoms with van der Waals surface area (Å²) in [5, 5.41) is 1.99. The molecule has 0 saturated carbocycles. The Morgan fingerprint density at radius 3 is 2.63 bits per heavy atom. The third-order valence-corrected chi connectivity index (χ3v) is 8.14. The van der Waals surface area contributed by atoms with Crippen LogP contribution in [-0.4, -0.2) is 44.9 Å². The smallest absolute Gasteiger partial charge is 0.265 e. The Hall–Kier alpha value is -3.44. The Kier molecular flexibility index (Phi) is 6.20. The molecule has 11 heteroatoms. The summed E-state index contributed by atoms with van der Waals surface area (Å²) in [5.41, 5.74) is 2.72. The van der Waals surface area contributed by atoms with Gasteiger partial charge < -0.3 is 14.5 Å². The van der Waals surface area contributed by atoms with Crippen LogP contribution in [0.5, 0.6) is 5.75 Å². The van der Waals surface area contributed by atoms with Crippen molar-refractivity contribution in [2.75, 3.05) is 34.2 Å². The second-order valence-corrected chi connectivity index (χ2v) is 10.8. The van der Waals surface area contributed by atoms with Gasteiger partial charge in [0.25, 0.3) is 15.9 Å². The molecule has 2 amide bonds. The van der Waals surface area contributed by atoms with Gasteiger partial charge in [0.1, 0.15) is 5.75 Å². The molecule has 0 spiro atoms. The summed E-state index contributed by atoms with van der Waals surface area (Å²) in [7, 11) is -3.85. The van der Waals surface area contributed by atoms with Gasteiger partial charge in [-0.15, -0.1) is 11.3 Å². The number of carbonyl (C=O) groups excluding carboxylic acids is 2. The third-order valence-electron chi connectivity index (χ3n) is 5.90. The van der Waals surface area contributed by atoms with Crippen molar-refractivity contribution in [1.82, 2.24) is 4.98 Å². The van der Waals surface area contributed by atoms with E-state index in [1.54, 1.807) is 33.4 Å².